The molecule has 0 N–H and O–H groups in total. The van der Waals surface area contributed by atoms with Gasteiger partial charge in [-0.05, 0) is 24.0 Å². The molecule has 0 amide bonds. The van der Waals surface area contributed by atoms with Crippen LogP contribution in [0.1, 0.15) is 96.0 Å². The summed E-state index contributed by atoms with van der Waals surface area (Å²) >= 11 is 0. The van der Waals surface area contributed by atoms with Gasteiger partial charge in [0.05, 0.1) is 0 Å². The van der Waals surface area contributed by atoms with Gasteiger partial charge in [-0.1, -0.05) is 84.1 Å². The molecule has 1 nitrogen and oxygen atoms in total. The lowest BCUT2D eigenvalue weighted by atomic mass is 9.96. The van der Waals surface area contributed by atoms with Gasteiger partial charge in [0.1, 0.15) is 0 Å². The number of unbranched alkanes of at least 4 members (excludes halogenated alkanes) is 9. The molecule has 1 heterocycles. The summed E-state index contributed by atoms with van der Waals surface area (Å²) in [6.45, 7) is 4.61. The zero-order valence-corrected chi connectivity index (χ0v) is 14.8. The molecule has 1 atom stereocenters. The Morgan fingerprint density at radius 1 is 0.905 bits per heavy atom. The maximum atomic E-state index is 4.21. The molecular formula is C19H34ClN. The van der Waals surface area contributed by atoms with E-state index in [0.717, 1.165) is 0 Å². The van der Waals surface area contributed by atoms with Crippen molar-refractivity contribution >= 4 is 12.4 Å². The van der Waals surface area contributed by atoms with Gasteiger partial charge in [-0.2, -0.15) is 0 Å². The zero-order valence-electron chi connectivity index (χ0n) is 14.0. The van der Waals surface area contributed by atoms with Gasteiger partial charge in [-0.3, -0.25) is 4.98 Å². The summed E-state index contributed by atoms with van der Waals surface area (Å²) in [4.78, 5) is 4.21. The summed E-state index contributed by atoms with van der Waals surface area (Å²) in [7, 11) is 0. The molecule has 122 valence electrons. The number of hydrogen-bond donors (Lipinski definition) is 0. The van der Waals surface area contributed by atoms with E-state index in [2.05, 4.69) is 24.9 Å². The molecule has 0 saturated heterocycles. The Morgan fingerprint density at radius 2 is 1.48 bits per heavy atom. The van der Waals surface area contributed by atoms with Crippen molar-refractivity contribution in [3.63, 3.8) is 0 Å². The van der Waals surface area contributed by atoms with Gasteiger partial charge in [-0.15, -0.1) is 12.4 Å². The fourth-order valence-electron chi connectivity index (χ4n) is 2.77. The minimum absolute atomic E-state index is 0. The first-order valence-corrected chi connectivity index (χ1v) is 8.74. The number of pyridine rings is 1. The van der Waals surface area contributed by atoms with E-state index >= 15 is 0 Å². The fourth-order valence-corrected chi connectivity index (χ4v) is 2.77. The summed E-state index contributed by atoms with van der Waals surface area (Å²) in [5.74, 6) is 0.665. The highest BCUT2D eigenvalue weighted by Gasteiger charge is 2.04. The Hall–Kier alpha value is -0.560. The first-order chi connectivity index (χ1) is 9.84. The number of halogens is 1. The van der Waals surface area contributed by atoms with Crippen LogP contribution in [-0.2, 0) is 0 Å². The maximum Gasteiger partial charge on any atom is 0.0302 e. The molecule has 0 spiro atoms. The molecule has 2 heteroatoms. The Morgan fingerprint density at radius 3 is 2.00 bits per heavy atom. The smallest absolute Gasteiger partial charge is 0.0302 e. The van der Waals surface area contributed by atoms with Crippen molar-refractivity contribution in [2.45, 2.75) is 90.4 Å². The van der Waals surface area contributed by atoms with Crippen LogP contribution in [-0.4, -0.2) is 4.98 Å². The summed E-state index contributed by atoms with van der Waals surface area (Å²) in [5.41, 5.74) is 1.39. The van der Waals surface area contributed by atoms with Gasteiger partial charge in [-0.25, -0.2) is 0 Å². The maximum absolute atomic E-state index is 4.21. The quantitative estimate of drug-likeness (QED) is 0.382. The lowest BCUT2D eigenvalue weighted by Gasteiger charge is -2.10. The van der Waals surface area contributed by atoms with E-state index in [1.165, 1.54) is 76.2 Å². The highest BCUT2D eigenvalue weighted by Crippen LogP contribution is 2.21. The van der Waals surface area contributed by atoms with E-state index in [4.69, 9.17) is 0 Å². The van der Waals surface area contributed by atoms with Crippen LogP contribution >= 0.6 is 12.4 Å². The van der Waals surface area contributed by atoms with Crippen LogP contribution in [0.4, 0.5) is 0 Å². The first-order valence-electron chi connectivity index (χ1n) is 8.74. The van der Waals surface area contributed by atoms with Gasteiger partial charge < -0.3 is 0 Å². The van der Waals surface area contributed by atoms with Gasteiger partial charge in [0, 0.05) is 12.4 Å². The van der Waals surface area contributed by atoms with Gasteiger partial charge in [0.2, 0.25) is 0 Å². The molecule has 0 radical (unpaired) electrons. The summed E-state index contributed by atoms with van der Waals surface area (Å²) in [6.07, 6.45) is 19.4. The largest absolute Gasteiger partial charge is 0.264 e. The average molecular weight is 312 g/mol. The normalized spacial score (nSPS) is 11.9. The van der Waals surface area contributed by atoms with E-state index in [0.29, 0.717) is 5.92 Å². The van der Waals surface area contributed by atoms with Crippen molar-refractivity contribution in [2.24, 2.45) is 0 Å². The van der Waals surface area contributed by atoms with E-state index < -0.39 is 0 Å². The zero-order chi connectivity index (χ0) is 14.5. The molecular weight excluding hydrogens is 278 g/mol. The Labute approximate surface area is 138 Å². The molecule has 1 unspecified atom stereocenters. The topological polar surface area (TPSA) is 12.9 Å². The van der Waals surface area contributed by atoms with Crippen molar-refractivity contribution in [1.29, 1.82) is 0 Å². The van der Waals surface area contributed by atoms with Crippen LogP contribution in [0.5, 0.6) is 0 Å². The summed E-state index contributed by atoms with van der Waals surface area (Å²) in [5, 5.41) is 0. The second-order valence-electron chi connectivity index (χ2n) is 6.16. The fraction of sp³-hybridized carbons (Fsp3) is 0.737. The third kappa shape index (κ3) is 10.8. The molecule has 1 aromatic rings. The Bertz CT molecular complexity index is 313. The lowest BCUT2D eigenvalue weighted by Crippen LogP contribution is -1.94. The highest BCUT2D eigenvalue weighted by atomic mass is 35.5. The number of nitrogens with zero attached hydrogens (tertiary/aromatic N) is 1. The predicted molar refractivity (Wildman–Crippen MR) is 96.4 cm³/mol. The third-order valence-electron chi connectivity index (χ3n) is 4.24. The molecule has 0 aliphatic carbocycles. The second-order valence-corrected chi connectivity index (χ2v) is 6.16. The van der Waals surface area contributed by atoms with Crippen LogP contribution < -0.4 is 0 Å². The number of rotatable bonds is 12. The van der Waals surface area contributed by atoms with Crippen LogP contribution in [0, 0.1) is 0 Å². The molecule has 1 rings (SSSR count). The molecule has 1 aromatic heterocycles. The number of hydrogen-bond acceptors (Lipinski definition) is 1. The Balaban J connectivity index is 0.00000400. The predicted octanol–water partition coefficient (Wildman–Crippen LogP) is 6.92. The van der Waals surface area contributed by atoms with Crippen molar-refractivity contribution in [3.8, 4) is 0 Å². The third-order valence-corrected chi connectivity index (χ3v) is 4.24. The van der Waals surface area contributed by atoms with Crippen LogP contribution in [0.25, 0.3) is 0 Å². The molecule has 0 fully saturated rings. The van der Waals surface area contributed by atoms with Gasteiger partial charge >= 0.3 is 0 Å². The number of aromatic nitrogens is 1. The van der Waals surface area contributed by atoms with Crippen LogP contribution in [0.2, 0.25) is 0 Å². The molecule has 0 aliphatic heterocycles. The molecule has 0 saturated carbocycles. The molecule has 21 heavy (non-hydrogen) atoms. The van der Waals surface area contributed by atoms with Crippen LogP contribution in [0.15, 0.2) is 24.5 Å². The first kappa shape index (κ1) is 20.4. The monoisotopic (exact) mass is 311 g/mol. The van der Waals surface area contributed by atoms with E-state index in [1.54, 1.807) is 0 Å². The molecule has 0 aromatic carbocycles. The van der Waals surface area contributed by atoms with Crippen molar-refractivity contribution in [1.82, 2.24) is 4.98 Å². The second kappa shape index (κ2) is 14.4. The average Bonchev–Trinajstić information content (AvgIpc) is 2.50. The van der Waals surface area contributed by atoms with Crippen LogP contribution in [0.3, 0.4) is 0 Å². The lowest BCUT2D eigenvalue weighted by molar-refractivity contribution is 0.534. The van der Waals surface area contributed by atoms with Gasteiger partial charge in [0.25, 0.3) is 0 Å². The summed E-state index contributed by atoms with van der Waals surface area (Å²) < 4.78 is 0. The molecule has 0 bridgehead atoms. The van der Waals surface area contributed by atoms with Crippen molar-refractivity contribution < 1.29 is 0 Å². The van der Waals surface area contributed by atoms with Gasteiger partial charge in [0.15, 0.2) is 0 Å². The van der Waals surface area contributed by atoms with E-state index in [-0.39, 0.29) is 12.4 Å². The summed E-state index contributed by atoms with van der Waals surface area (Å²) in [6, 6.07) is 4.25. The standard InChI is InChI=1S/C19H33N.ClH/c1-3-4-5-6-7-8-9-10-11-12-14-18(2)19-15-13-16-20-17-19;/h13,15-18H,3-12,14H2,1-2H3;1H. The van der Waals surface area contributed by atoms with Crippen molar-refractivity contribution in [3.05, 3.63) is 30.1 Å². The van der Waals surface area contributed by atoms with E-state index in [1.807, 2.05) is 18.5 Å². The highest BCUT2D eigenvalue weighted by molar-refractivity contribution is 5.85. The minimum atomic E-state index is 0. The SMILES string of the molecule is CCCCCCCCCCCCC(C)c1cccnc1.Cl. The Kier molecular flexibility index (Phi) is 14.0. The van der Waals surface area contributed by atoms with E-state index in [9.17, 15) is 0 Å². The minimum Gasteiger partial charge on any atom is -0.264 e. The van der Waals surface area contributed by atoms with Crippen molar-refractivity contribution in [2.75, 3.05) is 0 Å². The molecule has 0 aliphatic rings.